The molecule has 90 valence electrons. The first-order valence-corrected chi connectivity index (χ1v) is 6.49. The highest BCUT2D eigenvalue weighted by atomic mass is 32.2. The van der Waals surface area contributed by atoms with Gasteiger partial charge in [0.25, 0.3) is 5.24 Å². The summed E-state index contributed by atoms with van der Waals surface area (Å²) in [6.45, 7) is 0. The van der Waals surface area contributed by atoms with Gasteiger partial charge < -0.3 is 4.74 Å². The van der Waals surface area contributed by atoms with E-state index in [1.54, 1.807) is 0 Å². The van der Waals surface area contributed by atoms with Crippen LogP contribution in [-0.2, 0) is 9.53 Å². The lowest BCUT2D eigenvalue weighted by atomic mass is 9.84. The Hall–Kier alpha value is -0.550. The first kappa shape index (κ1) is 10.6. The summed E-state index contributed by atoms with van der Waals surface area (Å²) in [6, 6.07) is 0. The van der Waals surface area contributed by atoms with E-state index < -0.39 is 0 Å². The van der Waals surface area contributed by atoms with Crippen LogP contribution in [0.15, 0.2) is 0 Å². The summed E-state index contributed by atoms with van der Waals surface area (Å²) in [6.07, 6.45) is 5.00. The van der Waals surface area contributed by atoms with Crippen LogP contribution in [0, 0.1) is 5.92 Å². The Morgan fingerprint density at radius 1 is 1.44 bits per heavy atom. The van der Waals surface area contributed by atoms with Crippen molar-refractivity contribution < 1.29 is 15.7 Å². The quantitative estimate of drug-likeness (QED) is 0.824. The van der Waals surface area contributed by atoms with Crippen molar-refractivity contribution in [1.29, 1.82) is 0 Å². The van der Waals surface area contributed by atoms with Gasteiger partial charge >= 0.3 is 0 Å². The van der Waals surface area contributed by atoms with Gasteiger partial charge in [0.1, 0.15) is 0 Å². The molecule has 1 aliphatic heterocycles. The van der Waals surface area contributed by atoms with Crippen LogP contribution in [0.2, 0.25) is 0 Å². The second kappa shape index (κ2) is 5.19. The molecule has 1 aliphatic carbocycles. The highest BCUT2D eigenvalue weighted by molar-refractivity contribution is 8.15. The first-order valence-electron chi connectivity index (χ1n) is 6.32. The minimum Gasteiger partial charge on any atom is -0.381 e. The summed E-state index contributed by atoms with van der Waals surface area (Å²) < 4.78 is 12.3. The van der Waals surface area contributed by atoms with E-state index in [9.17, 15) is 9.59 Å². The molecule has 1 N–H and O–H groups in total. The van der Waals surface area contributed by atoms with Crippen molar-refractivity contribution in [3.05, 3.63) is 0 Å². The molecular weight excluding hydrogens is 226 g/mol. The molecule has 16 heavy (non-hydrogen) atoms. The maximum absolute atomic E-state index is 11.4. The molecule has 0 aromatic rings. The lowest BCUT2D eigenvalue weighted by Gasteiger charge is -2.28. The third-order valence-electron chi connectivity index (χ3n) is 3.34. The topological polar surface area (TPSA) is 55.4 Å². The van der Waals surface area contributed by atoms with Crippen LogP contribution in [0.5, 0.6) is 0 Å². The highest BCUT2D eigenvalue weighted by Gasteiger charge is 2.34. The minimum atomic E-state index is -0.216. The molecule has 2 fully saturated rings. The molecule has 1 heterocycles. The van der Waals surface area contributed by atoms with Crippen LogP contribution >= 0.6 is 11.8 Å². The number of methoxy groups -OCH3 is 1. The summed E-state index contributed by atoms with van der Waals surface area (Å²) in [5.41, 5.74) is 0. The van der Waals surface area contributed by atoms with Crippen molar-refractivity contribution in [3.8, 4) is 0 Å². The van der Waals surface area contributed by atoms with Gasteiger partial charge in [-0.15, -0.1) is 0 Å². The Morgan fingerprint density at radius 2 is 2.19 bits per heavy atom. The fourth-order valence-electron chi connectivity index (χ4n) is 2.39. The van der Waals surface area contributed by atoms with Crippen LogP contribution in [-0.4, -0.2) is 29.6 Å². The molecule has 0 aromatic carbocycles. The van der Waals surface area contributed by atoms with Gasteiger partial charge in [0.05, 0.1) is 12.7 Å². The van der Waals surface area contributed by atoms with Crippen LogP contribution < -0.4 is 5.32 Å². The van der Waals surface area contributed by atoms with Gasteiger partial charge in [0.15, 0.2) is 0 Å². The van der Waals surface area contributed by atoms with E-state index in [-0.39, 0.29) is 29.6 Å². The number of imide groups is 1. The molecule has 0 spiro atoms. The number of nitrogens with one attached hydrogen (secondary N) is 1. The van der Waals surface area contributed by atoms with Crippen molar-refractivity contribution >= 4 is 22.9 Å². The lowest BCUT2D eigenvalue weighted by molar-refractivity contribution is -0.119. The monoisotopic (exact) mass is 244 g/mol. The van der Waals surface area contributed by atoms with Gasteiger partial charge in [0.2, 0.25) is 5.91 Å². The number of hydrogen-bond acceptors (Lipinski definition) is 4. The SMILES string of the molecule is [2H]COC1CCC(CC2SC(=O)NC2=O)CC1. The van der Waals surface area contributed by atoms with E-state index in [1.807, 2.05) is 0 Å². The average Bonchev–Trinajstić information content (AvgIpc) is 2.61. The van der Waals surface area contributed by atoms with Crippen LogP contribution in [0.1, 0.15) is 33.5 Å². The lowest BCUT2D eigenvalue weighted by Crippen LogP contribution is -2.28. The number of rotatable bonds is 3. The van der Waals surface area contributed by atoms with E-state index in [0.29, 0.717) is 5.92 Å². The van der Waals surface area contributed by atoms with Gasteiger partial charge in [-0.3, -0.25) is 14.9 Å². The van der Waals surface area contributed by atoms with Crippen molar-refractivity contribution in [3.63, 3.8) is 0 Å². The third-order valence-corrected chi connectivity index (χ3v) is 4.35. The molecule has 5 heteroatoms. The summed E-state index contributed by atoms with van der Waals surface area (Å²) in [7, 11) is 0.0325. The number of carbonyl (C=O) groups is 2. The largest absolute Gasteiger partial charge is 0.381 e. The molecule has 2 rings (SSSR count). The Labute approximate surface area is 101 Å². The van der Waals surface area contributed by atoms with Gasteiger partial charge in [-0.05, 0) is 38.0 Å². The summed E-state index contributed by atoms with van der Waals surface area (Å²) in [4.78, 5) is 22.5. The molecule has 0 bridgehead atoms. The molecular formula is C11H17NO3S. The molecule has 1 saturated heterocycles. The summed E-state index contributed by atoms with van der Waals surface area (Å²) in [5, 5.41) is 1.91. The third kappa shape index (κ3) is 2.77. The van der Waals surface area contributed by atoms with Gasteiger partial charge in [0, 0.05) is 7.09 Å². The van der Waals surface area contributed by atoms with Gasteiger partial charge in [-0.25, -0.2) is 0 Å². The summed E-state index contributed by atoms with van der Waals surface area (Å²) >= 11 is 1.12. The number of amides is 2. The molecule has 4 nitrogen and oxygen atoms in total. The van der Waals surface area contributed by atoms with E-state index in [1.165, 1.54) is 0 Å². The number of carbonyl (C=O) groups excluding carboxylic acids is 2. The van der Waals surface area contributed by atoms with Crippen molar-refractivity contribution in [2.45, 2.75) is 43.5 Å². The smallest absolute Gasteiger partial charge is 0.286 e. The minimum absolute atomic E-state index is 0.0325. The molecule has 1 unspecified atom stereocenters. The Kier molecular flexibility index (Phi) is 3.43. The van der Waals surface area contributed by atoms with Crippen LogP contribution in [0.4, 0.5) is 4.79 Å². The van der Waals surface area contributed by atoms with E-state index in [0.717, 1.165) is 43.9 Å². The second-order valence-electron chi connectivity index (χ2n) is 4.43. The number of thioether (sulfide) groups is 1. The van der Waals surface area contributed by atoms with Crippen molar-refractivity contribution in [2.75, 3.05) is 7.09 Å². The average molecular weight is 244 g/mol. The van der Waals surface area contributed by atoms with Crippen LogP contribution in [0.25, 0.3) is 0 Å². The van der Waals surface area contributed by atoms with E-state index in [2.05, 4.69) is 5.32 Å². The van der Waals surface area contributed by atoms with Crippen molar-refractivity contribution in [1.82, 2.24) is 5.32 Å². The zero-order valence-corrected chi connectivity index (χ0v) is 9.92. The standard InChI is InChI=1S/C11H17NO3S/c1-15-8-4-2-7(3-5-8)6-9-10(13)12-11(14)16-9/h7-9H,2-6H2,1H3,(H,12,13,14)/i1D. The molecule has 1 atom stereocenters. The highest BCUT2D eigenvalue weighted by Crippen LogP contribution is 2.33. The number of ether oxygens (including phenoxy) is 1. The predicted octanol–water partition coefficient (Wildman–Crippen LogP) is 1.93. The van der Waals surface area contributed by atoms with E-state index >= 15 is 0 Å². The number of hydrogen-bond donors (Lipinski definition) is 1. The maximum Gasteiger partial charge on any atom is 0.286 e. The summed E-state index contributed by atoms with van der Waals surface area (Å²) in [5.74, 6) is 0.374. The maximum atomic E-state index is 11.4. The molecule has 1 saturated carbocycles. The van der Waals surface area contributed by atoms with Crippen molar-refractivity contribution in [2.24, 2.45) is 5.92 Å². The Morgan fingerprint density at radius 3 is 2.75 bits per heavy atom. The normalized spacial score (nSPS) is 36.0. The Balaban J connectivity index is 1.74. The molecule has 2 aliphatic rings. The molecule has 0 radical (unpaired) electrons. The van der Waals surface area contributed by atoms with Gasteiger partial charge in [-0.1, -0.05) is 11.8 Å². The first-order chi connectivity index (χ1) is 8.19. The molecule has 2 amide bonds. The van der Waals surface area contributed by atoms with Gasteiger partial charge in [-0.2, -0.15) is 0 Å². The van der Waals surface area contributed by atoms with E-state index in [4.69, 9.17) is 6.11 Å². The predicted molar refractivity (Wildman–Crippen MR) is 62.3 cm³/mol. The fourth-order valence-corrected chi connectivity index (χ4v) is 3.34. The zero-order chi connectivity index (χ0) is 12.3. The van der Waals surface area contributed by atoms with Crippen LogP contribution in [0.3, 0.4) is 0 Å². The fraction of sp³-hybridized carbons (Fsp3) is 0.818. The zero-order valence-electron chi connectivity index (χ0n) is 10.1. The molecule has 0 aromatic heterocycles. The second-order valence-corrected chi connectivity index (χ2v) is 5.60. The Bertz CT molecular complexity index is 305.